The van der Waals surface area contributed by atoms with Crippen LogP contribution >= 0.6 is 0 Å². The molecule has 0 unspecified atom stereocenters. The van der Waals surface area contributed by atoms with Gasteiger partial charge in [0.2, 0.25) is 0 Å². The second-order valence-electron chi connectivity index (χ2n) is 3.61. The first-order valence-electron chi connectivity index (χ1n) is 4.55. The Balaban J connectivity index is 3.21. The minimum absolute atomic E-state index is 0.108. The van der Waals surface area contributed by atoms with E-state index in [1.165, 1.54) is 6.07 Å². The zero-order valence-corrected chi connectivity index (χ0v) is 9.12. The van der Waals surface area contributed by atoms with E-state index in [1.54, 1.807) is 20.8 Å². The molecule has 1 aromatic carbocycles. The van der Waals surface area contributed by atoms with Crippen LogP contribution in [0.3, 0.4) is 0 Å². The van der Waals surface area contributed by atoms with Gasteiger partial charge in [0.05, 0.1) is 0 Å². The molecule has 0 bridgehead atoms. The van der Waals surface area contributed by atoms with Crippen molar-refractivity contribution < 1.29 is 17.9 Å². The van der Waals surface area contributed by atoms with E-state index in [0.29, 0.717) is 5.56 Å². The van der Waals surface area contributed by atoms with Crippen LogP contribution in [0.2, 0.25) is 0 Å². The van der Waals surface area contributed by atoms with Crippen molar-refractivity contribution in [1.29, 1.82) is 0 Å². The molecule has 0 aromatic heterocycles. The molecule has 0 saturated heterocycles. The van der Waals surface area contributed by atoms with Gasteiger partial charge in [-0.1, -0.05) is 0 Å². The molecule has 0 radical (unpaired) electrons. The van der Waals surface area contributed by atoms with Crippen LogP contribution in [0.1, 0.15) is 22.3 Å². The van der Waals surface area contributed by atoms with E-state index in [2.05, 4.69) is 4.74 Å². The van der Waals surface area contributed by atoms with Crippen molar-refractivity contribution >= 4 is 0 Å². The Morgan fingerprint density at radius 3 is 1.93 bits per heavy atom. The average molecular weight is 218 g/mol. The molecule has 4 heteroatoms. The fraction of sp³-hybridized carbons (Fsp3) is 0.455. The summed E-state index contributed by atoms with van der Waals surface area (Å²) in [7, 11) is 0. The van der Waals surface area contributed by atoms with Gasteiger partial charge >= 0.3 is 6.36 Å². The van der Waals surface area contributed by atoms with Gasteiger partial charge < -0.3 is 4.74 Å². The first-order chi connectivity index (χ1) is 6.72. The minimum Gasteiger partial charge on any atom is -0.405 e. The summed E-state index contributed by atoms with van der Waals surface area (Å²) in [5, 5.41) is 0. The van der Waals surface area contributed by atoms with E-state index in [-0.39, 0.29) is 5.75 Å². The summed E-state index contributed by atoms with van der Waals surface area (Å²) in [6, 6.07) is 1.42. The third kappa shape index (κ3) is 2.64. The third-order valence-corrected chi connectivity index (χ3v) is 2.66. The second-order valence-corrected chi connectivity index (χ2v) is 3.61. The minimum atomic E-state index is -4.63. The van der Waals surface area contributed by atoms with Gasteiger partial charge in [0.25, 0.3) is 0 Å². The molecular weight excluding hydrogens is 205 g/mol. The lowest BCUT2D eigenvalue weighted by molar-refractivity contribution is -0.274. The Morgan fingerprint density at radius 2 is 1.47 bits per heavy atom. The van der Waals surface area contributed by atoms with Crippen molar-refractivity contribution in [2.24, 2.45) is 0 Å². The molecule has 0 aliphatic rings. The number of benzene rings is 1. The molecule has 0 heterocycles. The maximum absolute atomic E-state index is 12.1. The quantitative estimate of drug-likeness (QED) is 0.696. The fourth-order valence-electron chi connectivity index (χ4n) is 1.41. The largest absolute Gasteiger partial charge is 0.573 e. The molecule has 0 atom stereocenters. The van der Waals surface area contributed by atoms with Gasteiger partial charge in [-0.15, -0.1) is 13.2 Å². The third-order valence-electron chi connectivity index (χ3n) is 2.66. The Kier molecular flexibility index (Phi) is 2.98. The second kappa shape index (κ2) is 3.76. The number of halogens is 3. The summed E-state index contributed by atoms with van der Waals surface area (Å²) in [5.74, 6) is -0.108. The number of hydrogen-bond donors (Lipinski definition) is 0. The number of alkyl halides is 3. The molecule has 0 aliphatic carbocycles. The van der Waals surface area contributed by atoms with Crippen LogP contribution in [0.15, 0.2) is 6.07 Å². The molecular formula is C11H13F3O. The van der Waals surface area contributed by atoms with Crippen molar-refractivity contribution in [3.63, 3.8) is 0 Å². The summed E-state index contributed by atoms with van der Waals surface area (Å²) in [4.78, 5) is 0. The zero-order valence-electron chi connectivity index (χ0n) is 9.12. The Morgan fingerprint density at radius 1 is 0.933 bits per heavy atom. The zero-order chi connectivity index (χ0) is 11.8. The van der Waals surface area contributed by atoms with Crippen molar-refractivity contribution in [3.05, 3.63) is 28.3 Å². The Bertz CT molecular complexity index is 380. The number of ether oxygens (including phenoxy) is 1. The molecule has 1 aromatic rings. The van der Waals surface area contributed by atoms with Crippen molar-refractivity contribution in [3.8, 4) is 5.75 Å². The lowest BCUT2D eigenvalue weighted by Gasteiger charge is -2.16. The molecule has 15 heavy (non-hydrogen) atoms. The van der Waals surface area contributed by atoms with Gasteiger partial charge in [-0.25, -0.2) is 0 Å². The summed E-state index contributed by atoms with van der Waals surface area (Å²) in [6.45, 7) is 7.07. The number of rotatable bonds is 1. The van der Waals surface area contributed by atoms with E-state index < -0.39 is 6.36 Å². The fourth-order valence-corrected chi connectivity index (χ4v) is 1.41. The molecule has 0 saturated carbocycles. The van der Waals surface area contributed by atoms with Crippen molar-refractivity contribution in [1.82, 2.24) is 0 Å². The molecule has 0 aliphatic heterocycles. The van der Waals surface area contributed by atoms with Crippen LogP contribution in [-0.4, -0.2) is 6.36 Å². The van der Waals surface area contributed by atoms with Crippen LogP contribution in [0.5, 0.6) is 5.75 Å². The van der Waals surface area contributed by atoms with Crippen LogP contribution in [0.25, 0.3) is 0 Å². The molecule has 0 N–H and O–H groups in total. The van der Waals surface area contributed by atoms with E-state index in [4.69, 9.17) is 0 Å². The van der Waals surface area contributed by atoms with Crippen molar-refractivity contribution in [2.45, 2.75) is 34.1 Å². The van der Waals surface area contributed by atoms with Gasteiger partial charge in [0.15, 0.2) is 0 Å². The van der Waals surface area contributed by atoms with E-state index >= 15 is 0 Å². The van der Waals surface area contributed by atoms with Gasteiger partial charge in [-0.05, 0) is 56.0 Å². The number of hydrogen-bond acceptors (Lipinski definition) is 1. The van der Waals surface area contributed by atoms with Crippen LogP contribution in [0.4, 0.5) is 13.2 Å². The highest BCUT2D eigenvalue weighted by Gasteiger charge is 2.32. The highest BCUT2D eigenvalue weighted by atomic mass is 19.4. The van der Waals surface area contributed by atoms with Crippen LogP contribution in [0, 0.1) is 27.7 Å². The summed E-state index contributed by atoms with van der Waals surface area (Å²) in [5.41, 5.74) is 3.18. The molecule has 0 spiro atoms. The molecule has 1 rings (SSSR count). The van der Waals surface area contributed by atoms with E-state index in [0.717, 1.165) is 16.7 Å². The maximum Gasteiger partial charge on any atom is 0.573 e. The smallest absolute Gasteiger partial charge is 0.405 e. The predicted octanol–water partition coefficient (Wildman–Crippen LogP) is 3.82. The topological polar surface area (TPSA) is 9.23 Å². The number of aryl methyl sites for hydroxylation is 1. The normalized spacial score (nSPS) is 11.7. The van der Waals surface area contributed by atoms with Gasteiger partial charge in [-0.2, -0.15) is 0 Å². The summed E-state index contributed by atoms with van der Waals surface area (Å²) < 4.78 is 40.1. The van der Waals surface area contributed by atoms with Gasteiger partial charge in [-0.3, -0.25) is 0 Å². The lowest BCUT2D eigenvalue weighted by Crippen LogP contribution is -2.18. The lowest BCUT2D eigenvalue weighted by atomic mass is 9.99. The Labute approximate surface area is 86.9 Å². The predicted molar refractivity (Wildman–Crippen MR) is 52.1 cm³/mol. The molecule has 84 valence electrons. The molecule has 1 nitrogen and oxygen atoms in total. The maximum atomic E-state index is 12.1. The SMILES string of the molecule is Cc1cc(OC(F)(F)F)c(C)c(C)c1C. The highest BCUT2D eigenvalue weighted by molar-refractivity contribution is 5.47. The van der Waals surface area contributed by atoms with E-state index in [9.17, 15) is 13.2 Å². The first kappa shape index (κ1) is 11.9. The molecule has 0 amide bonds. The van der Waals surface area contributed by atoms with Crippen molar-refractivity contribution in [2.75, 3.05) is 0 Å². The monoisotopic (exact) mass is 218 g/mol. The van der Waals surface area contributed by atoms with E-state index in [1.807, 2.05) is 6.92 Å². The summed E-state index contributed by atoms with van der Waals surface area (Å²) >= 11 is 0. The summed E-state index contributed by atoms with van der Waals surface area (Å²) in [6.07, 6.45) is -4.63. The van der Waals surface area contributed by atoms with Crippen LogP contribution in [-0.2, 0) is 0 Å². The van der Waals surface area contributed by atoms with Gasteiger partial charge in [0, 0.05) is 0 Å². The molecule has 0 fully saturated rings. The Hall–Kier alpha value is -1.19. The first-order valence-corrected chi connectivity index (χ1v) is 4.55. The highest BCUT2D eigenvalue weighted by Crippen LogP contribution is 2.31. The average Bonchev–Trinajstić information content (AvgIpc) is 2.08. The van der Waals surface area contributed by atoms with Gasteiger partial charge in [0.1, 0.15) is 5.75 Å². The van der Waals surface area contributed by atoms with Crippen LogP contribution < -0.4 is 4.74 Å². The standard InChI is InChI=1S/C11H13F3O/c1-6-5-10(15-11(12,13)14)9(4)8(3)7(6)2/h5H,1-4H3.